The second-order valence-corrected chi connectivity index (χ2v) is 5.35. The largest absolute Gasteiger partial charge is 0.479 e. The SMILES string of the molecule is O=C(O)C(O)C(O)C(=O)NCC(c1ccccc1)c1ccccc1. The van der Waals surface area contributed by atoms with Crippen LogP contribution in [0.2, 0.25) is 0 Å². The number of amides is 1. The third-order valence-corrected chi connectivity index (χ3v) is 3.71. The lowest BCUT2D eigenvalue weighted by Crippen LogP contribution is -2.46. The van der Waals surface area contributed by atoms with E-state index in [4.69, 9.17) is 5.11 Å². The minimum atomic E-state index is -2.16. The van der Waals surface area contributed by atoms with E-state index in [9.17, 15) is 19.8 Å². The first-order valence-electron chi connectivity index (χ1n) is 7.47. The van der Waals surface area contributed by atoms with E-state index < -0.39 is 24.1 Å². The van der Waals surface area contributed by atoms with Gasteiger partial charge in [0.05, 0.1) is 0 Å². The van der Waals surface area contributed by atoms with Crippen LogP contribution in [0.3, 0.4) is 0 Å². The standard InChI is InChI=1S/C18H19NO5/c20-15(16(21)18(23)24)17(22)19-11-14(12-7-3-1-4-8-12)13-9-5-2-6-10-13/h1-10,14-16,20-21H,11H2,(H,19,22)(H,23,24). The van der Waals surface area contributed by atoms with Crippen molar-refractivity contribution in [1.82, 2.24) is 5.32 Å². The summed E-state index contributed by atoms with van der Waals surface area (Å²) in [4.78, 5) is 22.5. The number of aliphatic hydroxyl groups is 2. The number of rotatable bonds is 7. The summed E-state index contributed by atoms with van der Waals surface area (Å²) in [6.45, 7) is 0.163. The van der Waals surface area contributed by atoms with Gasteiger partial charge in [-0.2, -0.15) is 0 Å². The minimum absolute atomic E-state index is 0.162. The van der Waals surface area contributed by atoms with Crippen LogP contribution in [0.1, 0.15) is 17.0 Å². The summed E-state index contributed by atoms with van der Waals surface area (Å²) in [5.74, 6) is -2.74. The molecular formula is C18H19NO5. The molecule has 0 saturated carbocycles. The average Bonchev–Trinajstić information content (AvgIpc) is 2.62. The molecule has 2 aromatic rings. The van der Waals surface area contributed by atoms with Crippen LogP contribution in [0, 0.1) is 0 Å². The van der Waals surface area contributed by atoms with Crippen LogP contribution < -0.4 is 5.32 Å². The molecule has 0 aromatic heterocycles. The van der Waals surface area contributed by atoms with Gasteiger partial charge in [-0.25, -0.2) is 4.79 Å². The number of hydrogen-bond acceptors (Lipinski definition) is 4. The van der Waals surface area contributed by atoms with E-state index in [1.165, 1.54) is 0 Å². The number of benzene rings is 2. The molecule has 0 aliphatic rings. The highest BCUT2D eigenvalue weighted by molar-refractivity contribution is 5.87. The Kier molecular flexibility index (Phi) is 6.06. The first kappa shape index (κ1) is 17.7. The molecule has 6 nitrogen and oxygen atoms in total. The molecule has 2 unspecified atom stereocenters. The van der Waals surface area contributed by atoms with Crippen molar-refractivity contribution in [3.8, 4) is 0 Å². The number of carbonyl (C=O) groups is 2. The van der Waals surface area contributed by atoms with Gasteiger partial charge in [0.2, 0.25) is 0 Å². The topological polar surface area (TPSA) is 107 Å². The fourth-order valence-corrected chi connectivity index (χ4v) is 2.38. The third-order valence-electron chi connectivity index (χ3n) is 3.71. The van der Waals surface area contributed by atoms with Gasteiger partial charge >= 0.3 is 5.97 Å². The lowest BCUT2D eigenvalue weighted by atomic mass is 9.91. The third kappa shape index (κ3) is 4.41. The van der Waals surface area contributed by atoms with Crippen LogP contribution in [0.4, 0.5) is 0 Å². The van der Waals surface area contributed by atoms with E-state index in [2.05, 4.69) is 5.32 Å². The van der Waals surface area contributed by atoms with Crippen molar-refractivity contribution in [2.24, 2.45) is 0 Å². The summed E-state index contributed by atoms with van der Waals surface area (Å²) in [7, 11) is 0. The Morgan fingerprint density at radius 3 is 1.71 bits per heavy atom. The number of carbonyl (C=O) groups excluding carboxylic acids is 1. The van der Waals surface area contributed by atoms with Crippen molar-refractivity contribution in [3.05, 3.63) is 71.8 Å². The van der Waals surface area contributed by atoms with Crippen molar-refractivity contribution < 1.29 is 24.9 Å². The van der Waals surface area contributed by atoms with Gasteiger partial charge < -0.3 is 20.6 Å². The molecule has 0 fully saturated rings. The molecule has 2 rings (SSSR count). The van der Waals surface area contributed by atoms with E-state index in [0.29, 0.717) is 0 Å². The van der Waals surface area contributed by atoms with Crippen LogP contribution in [-0.2, 0) is 9.59 Å². The lowest BCUT2D eigenvalue weighted by molar-refractivity contribution is -0.158. The smallest absolute Gasteiger partial charge is 0.335 e. The molecule has 0 saturated heterocycles. The maximum atomic E-state index is 11.9. The molecule has 0 bridgehead atoms. The van der Waals surface area contributed by atoms with Gasteiger partial charge in [0.1, 0.15) is 0 Å². The van der Waals surface area contributed by atoms with Crippen LogP contribution in [-0.4, -0.2) is 45.9 Å². The molecule has 0 spiro atoms. The van der Waals surface area contributed by atoms with Crippen molar-refractivity contribution >= 4 is 11.9 Å². The zero-order valence-electron chi connectivity index (χ0n) is 12.9. The second-order valence-electron chi connectivity index (χ2n) is 5.35. The van der Waals surface area contributed by atoms with Gasteiger partial charge in [0.25, 0.3) is 5.91 Å². The maximum absolute atomic E-state index is 11.9. The predicted octanol–water partition coefficient (Wildman–Crippen LogP) is 0.741. The molecule has 2 aromatic carbocycles. The van der Waals surface area contributed by atoms with Crippen LogP contribution in [0.25, 0.3) is 0 Å². The Morgan fingerprint density at radius 2 is 1.29 bits per heavy atom. The highest BCUT2D eigenvalue weighted by atomic mass is 16.4. The number of aliphatic hydroxyl groups excluding tert-OH is 2. The fraction of sp³-hybridized carbons (Fsp3) is 0.222. The quantitative estimate of drug-likeness (QED) is 0.599. The number of nitrogens with one attached hydrogen (secondary N) is 1. The Morgan fingerprint density at radius 1 is 0.833 bits per heavy atom. The molecular weight excluding hydrogens is 310 g/mol. The number of hydrogen-bond donors (Lipinski definition) is 4. The zero-order valence-corrected chi connectivity index (χ0v) is 12.9. The second kappa shape index (κ2) is 8.24. The van der Waals surface area contributed by atoms with Gasteiger partial charge in [-0.1, -0.05) is 60.7 Å². The van der Waals surface area contributed by atoms with Crippen molar-refractivity contribution in [1.29, 1.82) is 0 Å². The average molecular weight is 329 g/mol. The van der Waals surface area contributed by atoms with Crippen molar-refractivity contribution in [2.75, 3.05) is 6.54 Å². The summed E-state index contributed by atoms with van der Waals surface area (Å²) >= 11 is 0. The van der Waals surface area contributed by atoms with Gasteiger partial charge in [0, 0.05) is 12.5 Å². The van der Waals surface area contributed by atoms with Crippen LogP contribution in [0.5, 0.6) is 0 Å². The van der Waals surface area contributed by atoms with Crippen molar-refractivity contribution in [2.45, 2.75) is 18.1 Å². The maximum Gasteiger partial charge on any atom is 0.335 e. The minimum Gasteiger partial charge on any atom is -0.479 e. The summed E-state index contributed by atoms with van der Waals surface area (Å²) in [5.41, 5.74) is 1.94. The van der Waals surface area contributed by atoms with Gasteiger partial charge in [0.15, 0.2) is 12.2 Å². The van der Waals surface area contributed by atoms with E-state index in [-0.39, 0.29) is 12.5 Å². The van der Waals surface area contributed by atoms with E-state index >= 15 is 0 Å². The number of carboxylic acids is 1. The molecule has 4 N–H and O–H groups in total. The Balaban J connectivity index is 2.13. The normalized spacial score (nSPS) is 13.3. The Labute approximate surface area is 139 Å². The molecule has 24 heavy (non-hydrogen) atoms. The molecule has 126 valence electrons. The highest BCUT2D eigenvalue weighted by Crippen LogP contribution is 2.23. The molecule has 0 aliphatic carbocycles. The summed E-state index contributed by atoms with van der Waals surface area (Å²) in [6.07, 6.45) is -4.17. The van der Waals surface area contributed by atoms with Crippen molar-refractivity contribution in [3.63, 3.8) is 0 Å². The molecule has 6 heteroatoms. The lowest BCUT2D eigenvalue weighted by Gasteiger charge is -2.20. The van der Waals surface area contributed by atoms with E-state index in [1.54, 1.807) is 0 Å². The summed E-state index contributed by atoms with van der Waals surface area (Å²) in [5, 5.41) is 30.0. The number of carboxylic acid groups (broad SMARTS) is 1. The molecule has 2 atom stereocenters. The molecule has 0 radical (unpaired) electrons. The first-order valence-corrected chi connectivity index (χ1v) is 7.47. The summed E-state index contributed by atoms with van der Waals surface area (Å²) < 4.78 is 0. The first-order chi connectivity index (χ1) is 11.5. The Bertz CT molecular complexity index is 635. The van der Waals surface area contributed by atoms with Crippen LogP contribution in [0.15, 0.2) is 60.7 Å². The van der Waals surface area contributed by atoms with Crippen LogP contribution >= 0.6 is 0 Å². The van der Waals surface area contributed by atoms with Gasteiger partial charge in [-0.05, 0) is 11.1 Å². The molecule has 0 heterocycles. The highest BCUT2D eigenvalue weighted by Gasteiger charge is 2.30. The molecule has 0 aliphatic heterocycles. The molecule has 1 amide bonds. The van der Waals surface area contributed by atoms with E-state index in [0.717, 1.165) is 11.1 Å². The fourth-order valence-electron chi connectivity index (χ4n) is 2.38. The predicted molar refractivity (Wildman–Crippen MR) is 87.4 cm³/mol. The summed E-state index contributed by atoms with van der Waals surface area (Å²) in [6, 6.07) is 19.0. The number of aliphatic carboxylic acids is 1. The van der Waals surface area contributed by atoms with Gasteiger partial charge in [-0.3, -0.25) is 4.79 Å². The zero-order chi connectivity index (χ0) is 17.5. The Hall–Kier alpha value is -2.70. The van der Waals surface area contributed by atoms with E-state index in [1.807, 2.05) is 60.7 Å². The van der Waals surface area contributed by atoms with Gasteiger partial charge in [-0.15, -0.1) is 0 Å². The monoisotopic (exact) mass is 329 g/mol.